The molecule has 19 heavy (non-hydrogen) atoms. The van der Waals surface area contributed by atoms with Crippen molar-refractivity contribution >= 4 is 11.6 Å². The van der Waals surface area contributed by atoms with Crippen LogP contribution in [0.25, 0.3) is 0 Å². The third kappa shape index (κ3) is 3.08. The van der Waals surface area contributed by atoms with Crippen molar-refractivity contribution in [3.63, 3.8) is 0 Å². The molecule has 1 aromatic heterocycles. The van der Waals surface area contributed by atoms with E-state index in [0.29, 0.717) is 12.1 Å². The van der Waals surface area contributed by atoms with Crippen molar-refractivity contribution in [2.45, 2.75) is 20.0 Å². The molecule has 1 aromatic carbocycles. The number of nitrogens with two attached hydrogens (primary N) is 1. The maximum Gasteiger partial charge on any atom is 0.251 e. The summed E-state index contributed by atoms with van der Waals surface area (Å²) in [5.74, 6) is 5.84. The van der Waals surface area contributed by atoms with E-state index in [4.69, 9.17) is 5.84 Å². The minimum Gasteiger partial charge on any atom is -0.345 e. The highest BCUT2D eigenvalue weighted by Crippen LogP contribution is 2.08. The number of hydrogen-bond acceptors (Lipinski definition) is 5. The van der Waals surface area contributed by atoms with Gasteiger partial charge < -0.3 is 15.3 Å². The lowest BCUT2D eigenvalue weighted by atomic mass is 10.2. The van der Waals surface area contributed by atoms with Crippen LogP contribution < -0.4 is 16.6 Å². The number of rotatable bonds is 5. The molecule has 0 radical (unpaired) electrons. The lowest BCUT2D eigenvalue weighted by Gasteiger charge is -2.06. The van der Waals surface area contributed by atoms with Gasteiger partial charge in [-0.05, 0) is 31.2 Å². The fourth-order valence-electron chi connectivity index (χ4n) is 1.66. The number of nitrogens with one attached hydrogen (secondary N) is 2. The number of anilines is 1. The maximum absolute atomic E-state index is 11.9. The van der Waals surface area contributed by atoms with E-state index in [-0.39, 0.29) is 5.91 Å². The van der Waals surface area contributed by atoms with Crippen molar-refractivity contribution in [2.75, 3.05) is 5.43 Å². The predicted molar refractivity (Wildman–Crippen MR) is 71.1 cm³/mol. The number of hydrazine groups is 1. The van der Waals surface area contributed by atoms with Crippen LogP contribution in [0.2, 0.25) is 0 Å². The Morgan fingerprint density at radius 2 is 2.11 bits per heavy atom. The number of hydrogen-bond donors (Lipinski definition) is 3. The Hall–Kier alpha value is -2.41. The van der Waals surface area contributed by atoms with Gasteiger partial charge in [0.05, 0.1) is 6.54 Å². The first-order valence-corrected chi connectivity index (χ1v) is 5.96. The molecule has 0 aliphatic rings. The quantitative estimate of drug-likeness (QED) is 0.537. The highest BCUT2D eigenvalue weighted by molar-refractivity contribution is 5.94. The van der Waals surface area contributed by atoms with E-state index in [1.807, 2.05) is 11.5 Å². The molecular weight excluding hydrogens is 244 g/mol. The topological polar surface area (TPSA) is 97.9 Å². The molecule has 2 rings (SSSR count). The van der Waals surface area contributed by atoms with Gasteiger partial charge in [0.15, 0.2) is 5.82 Å². The van der Waals surface area contributed by atoms with Gasteiger partial charge in [0.1, 0.15) is 6.33 Å². The molecule has 7 heteroatoms. The summed E-state index contributed by atoms with van der Waals surface area (Å²) >= 11 is 0. The number of nitrogens with zero attached hydrogens (tertiary/aromatic N) is 3. The highest BCUT2D eigenvalue weighted by Gasteiger charge is 2.07. The molecule has 1 heterocycles. The number of aromatic nitrogens is 3. The first-order valence-electron chi connectivity index (χ1n) is 5.96. The summed E-state index contributed by atoms with van der Waals surface area (Å²) in [5.41, 5.74) is 3.83. The Labute approximate surface area is 110 Å². The minimum absolute atomic E-state index is 0.158. The molecule has 100 valence electrons. The van der Waals surface area contributed by atoms with Crippen LogP contribution >= 0.6 is 0 Å². The molecule has 0 saturated heterocycles. The molecule has 0 bridgehead atoms. The fraction of sp³-hybridized carbons (Fsp3) is 0.250. The number of carbonyl (C=O) groups excluding carboxylic acids is 1. The average molecular weight is 260 g/mol. The van der Waals surface area contributed by atoms with Gasteiger partial charge >= 0.3 is 0 Å². The first-order chi connectivity index (χ1) is 9.24. The minimum atomic E-state index is -0.158. The molecule has 0 spiro atoms. The Morgan fingerprint density at radius 3 is 2.74 bits per heavy atom. The summed E-state index contributed by atoms with van der Waals surface area (Å²) in [7, 11) is 0. The summed E-state index contributed by atoms with van der Waals surface area (Å²) in [4.78, 5) is 11.9. The molecule has 0 fully saturated rings. The number of nitrogen functional groups attached to an aromatic ring is 1. The van der Waals surface area contributed by atoms with E-state index in [1.165, 1.54) is 0 Å². The van der Waals surface area contributed by atoms with Crippen LogP contribution in [-0.4, -0.2) is 20.7 Å². The number of aryl methyl sites for hydroxylation is 1. The van der Waals surface area contributed by atoms with Crippen LogP contribution in [0.15, 0.2) is 30.6 Å². The summed E-state index contributed by atoms with van der Waals surface area (Å²) in [6.07, 6.45) is 1.64. The van der Waals surface area contributed by atoms with Gasteiger partial charge in [-0.15, -0.1) is 10.2 Å². The molecule has 1 amide bonds. The van der Waals surface area contributed by atoms with Crippen LogP contribution in [0.3, 0.4) is 0 Å². The van der Waals surface area contributed by atoms with Gasteiger partial charge in [0.25, 0.3) is 5.91 Å². The smallest absolute Gasteiger partial charge is 0.251 e. The van der Waals surface area contributed by atoms with Crippen molar-refractivity contribution in [3.05, 3.63) is 42.0 Å². The Morgan fingerprint density at radius 1 is 1.37 bits per heavy atom. The van der Waals surface area contributed by atoms with Crippen molar-refractivity contribution in [2.24, 2.45) is 5.84 Å². The van der Waals surface area contributed by atoms with E-state index in [2.05, 4.69) is 20.9 Å². The zero-order valence-corrected chi connectivity index (χ0v) is 10.6. The molecule has 0 unspecified atom stereocenters. The van der Waals surface area contributed by atoms with Gasteiger partial charge in [-0.2, -0.15) is 0 Å². The number of amides is 1. The second kappa shape index (κ2) is 5.96. The van der Waals surface area contributed by atoms with Gasteiger partial charge in [-0.3, -0.25) is 10.6 Å². The van der Waals surface area contributed by atoms with E-state index in [1.54, 1.807) is 30.6 Å². The van der Waals surface area contributed by atoms with Crippen LogP contribution in [0.1, 0.15) is 23.1 Å². The Kier molecular flexibility index (Phi) is 4.09. The fourth-order valence-corrected chi connectivity index (χ4v) is 1.66. The molecule has 0 saturated carbocycles. The molecule has 2 aromatic rings. The zero-order chi connectivity index (χ0) is 13.7. The van der Waals surface area contributed by atoms with Crippen LogP contribution in [0, 0.1) is 0 Å². The highest BCUT2D eigenvalue weighted by atomic mass is 16.1. The van der Waals surface area contributed by atoms with Gasteiger partial charge in [0, 0.05) is 17.8 Å². The van der Waals surface area contributed by atoms with Crippen molar-refractivity contribution < 1.29 is 4.79 Å². The lowest BCUT2D eigenvalue weighted by Crippen LogP contribution is -2.24. The van der Waals surface area contributed by atoms with Gasteiger partial charge in [-0.25, -0.2) is 0 Å². The Balaban J connectivity index is 1.97. The van der Waals surface area contributed by atoms with E-state index in [0.717, 1.165) is 18.1 Å². The lowest BCUT2D eigenvalue weighted by molar-refractivity contribution is 0.0949. The third-order valence-electron chi connectivity index (χ3n) is 2.76. The van der Waals surface area contributed by atoms with Crippen LogP contribution in [0.5, 0.6) is 0 Å². The summed E-state index contributed by atoms with van der Waals surface area (Å²) in [6, 6.07) is 6.89. The third-order valence-corrected chi connectivity index (χ3v) is 2.76. The largest absolute Gasteiger partial charge is 0.345 e. The normalized spacial score (nSPS) is 10.2. The number of benzene rings is 1. The van der Waals surface area contributed by atoms with Crippen LogP contribution in [0.4, 0.5) is 5.69 Å². The molecular formula is C12H16N6O. The van der Waals surface area contributed by atoms with Crippen molar-refractivity contribution in [3.8, 4) is 0 Å². The summed E-state index contributed by atoms with van der Waals surface area (Å²) < 4.78 is 1.88. The SMILES string of the molecule is CCn1cnnc1CNC(=O)c1ccc(NN)cc1. The molecule has 0 aliphatic carbocycles. The monoisotopic (exact) mass is 260 g/mol. The van der Waals surface area contributed by atoms with Gasteiger partial charge in [0.2, 0.25) is 0 Å². The predicted octanol–water partition coefficient (Wildman–Crippen LogP) is 0.514. The molecule has 0 aliphatic heterocycles. The van der Waals surface area contributed by atoms with E-state index >= 15 is 0 Å². The maximum atomic E-state index is 11.9. The summed E-state index contributed by atoms with van der Waals surface area (Å²) in [5, 5.41) is 10.6. The van der Waals surface area contributed by atoms with Crippen LogP contribution in [-0.2, 0) is 13.1 Å². The molecule has 4 N–H and O–H groups in total. The summed E-state index contributed by atoms with van der Waals surface area (Å²) in [6.45, 7) is 3.12. The Bertz CT molecular complexity index is 548. The van der Waals surface area contributed by atoms with Crippen molar-refractivity contribution in [1.82, 2.24) is 20.1 Å². The van der Waals surface area contributed by atoms with E-state index < -0.39 is 0 Å². The number of carbonyl (C=O) groups is 1. The second-order valence-electron chi connectivity index (χ2n) is 3.94. The average Bonchev–Trinajstić information content (AvgIpc) is 2.92. The first kappa shape index (κ1) is 13.0. The molecule has 0 atom stereocenters. The standard InChI is InChI=1S/C12H16N6O/c1-2-18-8-15-17-11(18)7-14-12(19)9-3-5-10(16-13)6-4-9/h3-6,8,16H,2,7,13H2,1H3,(H,14,19). The van der Waals surface area contributed by atoms with Crippen molar-refractivity contribution in [1.29, 1.82) is 0 Å². The second-order valence-corrected chi connectivity index (χ2v) is 3.94. The molecule has 7 nitrogen and oxygen atoms in total. The van der Waals surface area contributed by atoms with E-state index in [9.17, 15) is 4.79 Å². The zero-order valence-electron chi connectivity index (χ0n) is 10.6. The van der Waals surface area contributed by atoms with Gasteiger partial charge in [-0.1, -0.05) is 0 Å².